The first-order valence-electron chi connectivity index (χ1n) is 4.31. The van der Waals surface area contributed by atoms with E-state index < -0.39 is 4.92 Å². The number of hydrogen-bond donors (Lipinski definition) is 0. The molecule has 0 N–H and O–H groups in total. The minimum Gasteiger partial charge on any atom is -0.258 e. The summed E-state index contributed by atoms with van der Waals surface area (Å²) >= 11 is 5.63. The summed E-state index contributed by atoms with van der Waals surface area (Å²) in [7, 11) is 0. The van der Waals surface area contributed by atoms with Crippen LogP contribution < -0.4 is 0 Å². The van der Waals surface area contributed by atoms with Crippen LogP contribution in [0, 0.1) is 10.1 Å². The van der Waals surface area contributed by atoms with Crippen LogP contribution >= 0.6 is 11.6 Å². The van der Waals surface area contributed by atoms with Gasteiger partial charge in [0.25, 0.3) is 5.69 Å². The molecule has 0 amide bonds. The molecule has 0 atom stereocenters. The number of alkyl halides is 1. The molecule has 0 fully saturated rings. The molecule has 2 rings (SSSR count). The first-order chi connectivity index (χ1) is 7.22. The molecular weight excluding hydrogens is 216 g/mol. The van der Waals surface area contributed by atoms with Crippen molar-refractivity contribution >= 4 is 28.2 Å². The Balaban J connectivity index is 2.72. The van der Waals surface area contributed by atoms with E-state index in [2.05, 4.69) is 4.98 Å². The molecule has 0 aliphatic heterocycles. The Kier molecular flexibility index (Phi) is 2.51. The average molecular weight is 223 g/mol. The largest absolute Gasteiger partial charge is 0.278 e. The summed E-state index contributed by atoms with van der Waals surface area (Å²) in [6.45, 7) is 0. The number of rotatable bonds is 2. The van der Waals surface area contributed by atoms with Crippen molar-refractivity contribution in [1.29, 1.82) is 0 Å². The number of non-ortho nitro benzene ring substituents is 1. The summed E-state index contributed by atoms with van der Waals surface area (Å²) in [5, 5.41) is 11.3. The van der Waals surface area contributed by atoms with Gasteiger partial charge in [0.05, 0.1) is 27.4 Å². The lowest BCUT2D eigenvalue weighted by Crippen LogP contribution is -1.92. The van der Waals surface area contributed by atoms with Gasteiger partial charge in [0, 0.05) is 6.07 Å². The first kappa shape index (κ1) is 9.86. The lowest BCUT2D eigenvalue weighted by atomic mass is 10.1. The van der Waals surface area contributed by atoms with Gasteiger partial charge in [-0.2, -0.15) is 0 Å². The molecule has 0 bridgehead atoms. The van der Waals surface area contributed by atoms with Gasteiger partial charge in [-0.05, 0) is 18.2 Å². The van der Waals surface area contributed by atoms with E-state index >= 15 is 0 Å². The van der Waals surface area contributed by atoms with E-state index in [-0.39, 0.29) is 5.69 Å². The highest BCUT2D eigenvalue weighted by Gasteiger charge is 2.11. The van der Waals surface area contributed by atoms with Crippen molar-refractivity contribution in [3.8, 4) is 0 Å². The van der Waals surface area contributed by atoms with E-state index in [1.165, 1.54) is 6.07 Å². The van der Waals surface area contributed by atoms with E-state index in [0.717, 1.165) is 0 Å². The zero-order chi connectivity index (χ0) is 10.8. The van der Waals surface area contributed by atoms with Crippen molar-refractivity contribution in [2.24, 2.45) is 0 Å². The Labute approximate surface area is 90.7 Å². The van der Waals surface area contributed by atoms with Gasteiger partial charge in [-0.25, -0.2) is 0 Å². The highest BCUT2D eigenvalue weighted by atomic mass is 35.5. The fourth-order valence-corrected chi connectivity index (χ4v) is 1.56. The number of hydrogen-bond acceptors (Lipinski definition) is 3. The number of aromatic nitrogens is 1. The van der Waals surface area contributed by atoms with Gasteiger partial charge in [0.15, 0.2) is 0 Å². The van der Waals surface area contributed by atoms with E-state index in [1.807, 2.05) is 0 Å². The number of nitrogens with zero attached hydrogens (tertiary/aromatic N) is 2. The van der Waals surface area contributed by atoms with Crippen molar-refractivity contribution in [1.82, 2.24) is 4.98 Å². The quantitative estimate of drug-likeness (QED) is 0.446. The van der Waals surface area contributed by atoms with E-state index in [4.69, 9.17) is 11.6 Å². The Morgan fingerprint density at radius 3 is 2.80 bits per heavy atom. The molecule has 5 heteroatoms. The van der Waals surface area contributed by atoms with Crippen molar-refractivity contribution in [3.63, 3.8) is 0 Å². The standard InChI is InChI=1S/C10H7ClN2O2/c11-6-7-4-5-8-9(12-7)2-1-3-10(8)13(14)15/h1-5H,6H2. The third-order valence-corrected chi connectivity index (χ3v) is 2.37. The summed E-state index contributed by atoms with van der Waals surface area (Å²) in [5.41, 5.74) is 1.38. The third-order valence-electron chi connectivity index (χ3n) is 2.10. The number of pyridine rings is 1. The highest BCUT2D eigenvalue weighted by molar-refractivity contribution is 6.17. The predicted molar refractivity (Wildman–Crippen MR) is 58.0 cm³/mol. The van der Waals surface area contributed by atoms with Gasteiger partial charge in [0.2, 0.25) is 0 Å². The average Bonchev–Trinajstić information content (AvgIpc) is 2.27. The van der Waals surface area contributed by atoms with Crippen LogP contribution in [0.1, 0.15) is 5.69 Å². The topological polar surface area (TPSA) is 56.0 Å². The minimum absolute atomic E-state index is 0.0705. The van der Waals surface area contributed by atoms with E-state index in [0.29, 0.717) is 22.5 Å². The van der Waals surface area contributed by atoms with Crippen LogP contribution in [-0.2, 0) is 5.88 Å². The van der Waals surface area contributed by atoms with Crippen LogP contribution in [-0.4, -0.2) is 9.91 Å². The Morgan fingerprint density at radius 2 is 2.13 bits per heavy atom. The SMILES string of the molecule is O=[N+]([O-])c1cccc2nc(CCl)ccc12. The lowest BCUT2D eigenvalue weighted by Gasteiger charge is -2.00. The zero-order valence-corrected chi connectivity index (χ0v) is 8.44. The van der Waals surface area contributed by atoms with Crippen molar-refractivity contribution in [3.05, 3.63) is 46.1 Å². The Bertz CT molecular complexity index is 528. The van der Waals surface area contributed by atoms with Crippen molar-refractivity contribution < 1.29 is 4.92 Å². The van der Waals surface area contributed by atoms with E-state index in [1.54, 1.807) is 24.3 Å². The van der Waals surface area contributed by atoms with Crippen LogP contribution in [0.2, 0.25) is 0 Å². The second-order valence-corrected chi connectivity index (χ2v) is 3.30. The summed E-state index contributed by atoms with van der Waals surface area (Å²) in [6.07, 6.45) is 0. The highest BCUT2D eigenvalue weighted by Crippen LogP contribution is 2.24. The van der Waals surface area contributed by atoms with Gasteiger partial charge < -0.3 is 0 Å². The van der Waals surface area contributed by atoms with Crippen LogP contribution in [0.15, 0.2) is 30.3 Å². The maximum absolute atomic E-state index is 10.7. The molecule has 0 radical (unpaired) electrons. The molecule has 1 aromatic heterocycles. The summed E-state index contributed by atoms with van der Waals surface area (Å²) < 4.78 is 0. The molecule has 1 heterocycles. The number of halogens is 1. The van der Waals surface area contributed by atoms with Crippen LogP contribution in [0.25, 0.3) is 10.9 Å². The molecule has 0 aliphatic carbocycles. The maximum atomic E-state index is 10.7. The van der Waals surface area contributed by atoms with Gasteiger partial charge in [0.1, 0.15) is 0 Å². The summed E-state index contributed by atoms with van der Waals surface area (Å²) in [6, 6.07) is 8.19. The zero-order valence-electron chi connectivity index (χ0n) is 7.68. The number of fused-ring (bicyclic) bond motifs is 1. The molecular formula is C10H7ClN2O2. The van der Waals surface area contributed by atoms with Crippen LogP contribution in [0.4, 0.5) is 5.69 Å². The second-order valence-electron chi connectivity index (χ2n) is 3.04. The smallest absolute Gasteiger partial charge is 0.258 e. The molecule has 0 saturated heterocycles. The number of nitro groups is 1. The van der Waals surface area contributed by atoms with Crippen molar-refractivity contribution in [2.75, 3.05) is 0 Å². The fraction of sp³-hybridized carbons (Fsp3) is 0.100. The van der Waals surface area contributed by atoms with Crippen molar-refractivity contribution in [2.45, 2.75) is 5.88 Å². The minimum atomic E-state index is -0.412. The van der Waals surface area contributed by atoms with Gasteiger partial charge in [-0.3, -0.25) is 15.1 Å². The predicted octanol–water partition coefficient (Wildman–Crippen LogP) is 2.88. The monoisotopic (exact) mass is 222 g/mol. The third kappa shape index (κ3) is 1.76. The lowest BCUT2D eigenvalue weighted by molar-refractivity contribution is -0.383. The van der Waals surface area contributed by atoms with Gasteiger partial charge in [-0.15, -0.1) is 11.6 Å². The molecule has 4 nitrogen and oxygen atoms in total. The maximum Gasteiger partial charge on any atom is 0.278 e. The molecule has 0 spiro atoms. The van der Waals surface area contributed by atoms with Crippen LogP contribution in [0.5, 0.6) is 0 Å². The Morgan fingerprint density at radius 1 is 1.33 bits per heavy atom. The van der Waals surface area contributed by atoms with Gasteiger partial charge >= 0.3 is 0 Å². The number of nitro benzene ring substituents is 1. The summed E-state index contributed by atoms with van der Waals surface area (Å²) in [5.74, 6) is 0.304. The molecule has 2 aromatic rings. The molecule has 76 valence electrons. The molecule has 0 aliphatic rings. The van der Waals surface area contributed by atoms with Crippen LogP contribution in [0.3, 0.4) is 0 Å². The molecule has 0 unspecified atom stereocenters. The second kappa shape index (κ2) is 3.82. The normalized spacial score (nSPS) is 10.5. The molecule has 1 aromatic carbocycles. The van der Waals surface area contributed by atoms with E-state index in [9.17, 15) is 10.1 Å². The molecule has 0 saturated carbocycles. The Hall–Kier alpha value is -1.68. The summed E-state index contributed by atoms with van der Waals surface area (Å²) in [4.78, 5) is 14.5. The fourth-order valence-electron chi connectivity index (χ4n) is 1.41. The molecule has 15 heavy (non-hydrogen) atoms. The van der Waals surface area contributed by atoms with Gasteiger partial charge in [-0.1, -0.05) is 6.07 Å². The number of benzene rings is 1. The first-order valence-corrected chi connectivity index (χ1v) is 4.85.